The van der Waals surface area contributed by atoms with E-state index in [4.69, 9.17) is 4.74 Å². The number of hydrogen-bond donors (Lipinski definition) is 1. The molecule has 2 rings (SSSR count). The van der Waals surface area contributed by atoms with E-state index >= 15 is 0 Å². The van der Waals surface area contributed by atoms with Gasteiger partial charge in [-0.15, -0.1) is 0 Å². The van der Waals surface area contributed by atoms with E-state index in [1.807, 2.05) is 13.0 Å². The summed E-state index contributed by atoms with van der Waals surface area (Å²) < 4.78 is 18.6. The third-order valence-corrected chi connectivity index (χ3v) is 3.18. The molecular weight excluding hydrogens is 205 g/mol. The fraction of sp³-hybridized carbons (Fsp3) is 0.538. The van der Waals surface area contributed by atoms with Crippen LogP contribution in [0.4, 0.5) is 4.39 Å². The zero-order valence-corrected chi connectivity index (χ0v) is 9.63. The van der Waals surface area contributed by atoms with Crippen LogP contribution < -0.4 is 5.32 Å². The Morgan fingerprint density at radius 3 is 2.88 bits per heavy atom. The lowest BCUT2D eigenvalue weighted by Gasteiger charge is -2.23. The number of benzene rings is 1. The molecule has 1 aliphatic rings. The molecule has 0 bridgehead atoms. The van der Waals surface area contributed by atoms with E-state index in [0.717, 1.165) is 43.7 Å². The van der Waals surface area contributed by atoms with Gasteiger partial charge in [-0.25, -0.2) is 4.39 Å². The minimum Gasteiger partial charge on any atom is -0.381 e. The van der Waals surface area contributed by atoms with Crippen LogP contribution in [0.3, 0.4) is 0 Å². The van der Waals surface area contributed by atoms with Gasteiger partial charge in [0.2, 0.25) is 0 Å². The number of ether oxygens (including phenoxy) is 1. The smallest absolute Gasteiger partial charge is 0.126 e. The summed E-state index contributed by atoms with van der Waals surface area (Å²) in [5, 5.41) is 3.46. The highest BCUT2D eigenvalue weighted by Gasteiger charge is 2.13. The normalized spacial score (nSPS) is 17.6. The molecule has 2 nitrogen and oxygen atoms in total. The Morgan fingerprint density at radius 1 is 1.38 bits per heavy atom. The maximum absolute atomic E-state index is 13.3. The zero-order valence-electron chi connectivity index (χ0n) is 9.63. The van der Waals surface area contributed by atoms with E-state index in [9.17, 15) is 4.39 Å². The topological polar surface area (TPSA) is 21.3 Å². The molecule has 1 saturated heterocycles. The summed E-state index contributed by atoms with van der Waals surface area (Å²) in [4.78, 5) is 0. The van der Waals surface area contributed by atoms with Crippen molar-refractivity contribution >= 4 is 0 Å². The Kier molecular flexibility index (Phi) is 3.91. The number of hydrogen-bond acceptors (Lipinski definition) is 2. The standard InChI is InChI=1S/C13H18FNO/c1-10-11(3-2-4-13(10)14)9-15-12-5-7-16-8-6-12/h2-4,12,15H,5-9H2,1H3. The van der Waals surface area contributed by atoms with Crippen molar-refractivity contribution in [2.24, 2.45) is 0 Å². The number of halogens is 1. The Morgan fingerprint density at radius 2 is 2.12 bits per heavy atom. The summed E-state index contributed by atoms with van der Waals surface area (Å²) >= 11 is 0. The minimum atomic E-state index is -0.119. The van der Waals surface area contributed by atoms with Crippen LogP contribution in [0.5, 0.6) is 0 Å². The van der Waals surface area contributed by atoms with Crippen LogP contribution in [0.1, 0.15) is 24.0 Å². The van der Waals surface area contributed by atoms with Crippen LogP contribution in [0.2, 0.25) is 0 Å². The number of rotatable bonds is 3. The summed E-state index contributed by atoms with van der Waals surface area (Å²) in [6.07, 6.45) is 2.10. The molecule has 1 fully saturated rings. The molecule has 0 unspecified atom stereocenters. The van der Waals surface area contributed by atoms with Gasteiger partial charge in [-0.1, -0.05) is 12.1 Å². The monoisotopic (exact) mass is 223 g/mol. The lowest BCUT2D eigenvalue weighted by molar-refractivity contribution is 0.0776. The van der Waals surface area contributed by atoms with Crippen molar-refractivity contribution in [3.05, 3.63) is 35.1 Å². The van der Waals surface area contributed by atoms with Crippen LogP contribution in [0.15, 0.2) is 18.2 Å². The van der Waals surface area contributed by atoms with Crippen LogP contribution in [-0.4, -0.2) is 19.3 Å². The quantitative estimate of drug-likeness (QED) is 0.849. The Hall–Kier alpha value is -0.930. The van der Waals surface area contributed by atoms with Crippen molar-refractivity contribution in [1.82, 2.24) is 5.32 Å². The first-order chi connectivity index (χ1) is 7.77. The predicted molar refractivity (Wildman–Crippen MR) is 61.8 cm³/mol. The highest BCUT2D eigenvalue weighted by molar-refractivity contribution is 5.27. The second-order valence-corrected chi connectivity index (χ2v) is 4.29. The molecule has 0 radical (unpaired) electrons. The van der Waals surface area contributed by atoms with Crippen molar-refractivity contribution in [2.45, 2.75) is 32.4 Å². The Labute approximate surface area is 95.8 Å². The van der Waals surface area contributed by atoms with Crippen LogP contribution in [0.25, 0.3) is 0 Å². The van der Waals surface area contributed by atoms with Gasteiger partial charge in [-0.05, 0) is 37.0 Å². The lowest BCUT2D eigenvalue weighted by Crippen LogP contribution is -2.34. The first-order valence-corrected chi connectivity index (χ1v) is 5.82. The van der Waals surface area contributed by atoms with Gasteiger partial charge in [0, 0.05) is 25.8 Å². The predicted octanol–water partition coefficient (Wildman–Crippen LogP) is 2.40. The second-order valence-electron chi connectivity index (χ2n) is 4.29. The zero-order chi connectivity index (χ0) is 11.4. The molecular formula is C13H18FNO. The Bertz CT molecular complexity index is 348. The molecule has 3 heteroatoms. The molecule has 1 N–H and O–H groups in total. The minimum absolute atomic E-state index is 0.119. The van der Waals surface area contributed by atoms with Crippen molar-refractivity contribution in [2.75, 3.05) is 13.2 Å². The molecule has 0 spiro atoms. The second kappa shape index (κ2) is 5.41. The summed E-state index contributed by atoms with van der Waals surface area (Å²) in [5.74, 6) is -0.119. The average molecular weight is 223 g/mol. The van der Waals surface area contributed by atoms with Crippen LogP contribution >= 0.6 is 0 Å². The Balaban J connectivity index is 1.91. The van der Waals surface area contributed by atoms with Crippen molar-refractivity contribution in [3.8, 4) is 0 Å². The van der Waals surface area contributed by atoms with Crippen LogP contribution in [0, 0.1) is 12.7 Å². The third kappa shape index (κ3) is 2.80. The fourth-order valence-corrected chi connectivity index (χ4v) is 2.00. The molecule has 0 saturated carbocycles. The van der Waals surface area contributed by atoms with Crippen molar-refractivity contribution < 1.29 is 9.13 Å². The molecule has 0 atom stereocenters. The van der Waals surface area contributed by atoms with Gasteiger partial charge in [0.15, 0.2) is 0 Å². The van der Waals surface area contributed by atoms with Gasteiger partial charge in [0.05, 0.1) is 0 Å². The van der Waals surface area contributed by atoms with Crippen LogP contribution in [-0.2, 0) is 11.3 Å². The first-order valence-electron chi connectivity index (χ1n) is 5.82. The largest absolute Gasteiger partial charge is 0.381 e. The highest BCUT2D eigenvalue weighted by Crippen LogP contribution is 2.13. The molecule has 0 aromatic heterocycles. The van der Waals surface area contributed by atoms with Gasteiger partial charge in [0.1, 0.15) is 5.82 Å². The molecule has 0 aliphatic carbocycles. The van der Waals surface area contributed by atoms with Gasteiger partial charge in [-0.3, -0.25) is 0 Å². The SMILES string of the molecule is Cc1c(F)cccc1CNC1CCOCC1. The average Bonchev–Trinajstić information content (AvgIpc) is 2.32. The van der Waals surface area contributed by atoms with Gasteiger partial charge >= 0.3 is 0 Å². The molecule has 16 heavy (non-hydrogen) atoms. The molecule has 0 amide bonds. The highest BCUT2D eigenvalue weighted by atomic mass is 19.1. The maximum atomic E-state index is 13.3. The summed E-state index contributed by atoms with van der Waals surface area (Å²) in [7, 11) is 0. The van der Waals surface area contributed by atoms with Crippen molar-refractivity contribution in [1.29, 1.82) is 0 Å². The number of nitrogens with one attached hydrogen (secondary N) is 1. The van der Waals surface area contributed by atoms with Gasteiger partial charge in [-0.2, -0.15) is 0 Å². The summed E-state index contributed by atoms with van der Waals surface area (Å²) in [6.45, 7) is 4.24. The van der Waals surface area contributed by atoms with Crippen molar-refractivity contribution in [3.63, 3.8) is 0 Å². The van der Waals surface area contributed by atoms with E-state index in [2.05, 4.69) is 5.32 Å². The van der Waals surface area contributed by atoms with E-state index in [1.165, 1.54) is 6.07 Å². The van der Waals surface area contributed by atoms with E-state index in [0.29, 0.717) is 6.04 Å². The van der Waals surface area contributed by atoms with E-state index in [1.54, 1.807) is 6.07 Å². The molecule has 1 aromatic rings. The summed E-state index contributed by atoms with van der Waals surface area (Å²) in [6, 6.07) is 5.76. The lowest BCUT2D eigenvalue weighted by atomic mass is 10.1. The van der Waals surface area contributed by atoms with E-state index in [-0.39, 0.29) is 5.82 Å². The van der Waals surface area contributed by atoms with Gasteiger partial charge < -0.3 is 10.1 Å². The first kappa shape index (κ1) is 11.6. The molecule has 1 aliphatic heterocycles. The summed E-state index contributed by atoms with van der Waals surface area (Å²) in [5.41, 5.74) is 1.80. The van der Waals surface area contributed by atoms with Gasteiger partial charge in [0.25, 0.3) is 0 Å². The molecule has 1 heterocycles. The third-order valence-electron chi connectivity index (χ3n) is 3.18. The maximum Gasteiger partial charge on any atom is 0.126 e. The fourth-order valence-electron chi connectivity index (χ4n) is 2.00. The molecule has 1 aromatic carbocycles. The molecule has 88 valence electrons. The van der Waals surface area contributed by atoms with E-state index < -0.39 is 0 Å².